The number of imide groups is 1. The number of pyridine rings is 2. The summed E-state index contributed by atoms with van der Waals surface area (Å²) in [6, 6.07) is 10.4. The van der Waals surface area contributed by atoms with Crippen LogP contribution in [0.2, 0.25) is 0 Å². The zero-order chi connectivity index (χ0) is 23.2. The van der Waals surface area contributed by atoms with Crippen LogP contribution in [0.1, 0.15) is 36.0 Å². The minimum atomic E-state index is -2.88. The number of carbonyl (C=O) groups is 3. The van der Waals surface area contributed by atoms with Crippen LogP contribution in [0.5, 0.6) is 0 Å². The van der Waals surface area contributed by atoms with Crippen molar-refractivity contribution in [1.29, 1.82) is 0 Å². The summed E-state index contributed by atoms with van der Waals surface area (Å²) in [6.07, 6.45) is 2.56. The van der Waals surface area contributed by atoms with Gasteiger partial charge in [-0.1, -0.05) is 24.3 Å². The normalized spacial score (nSPS) is 19.2. The minimum absolute atomic E-state index is 0.253. The van der Waals surface area contributed by atoms with Crippen molar-refractivity contribution in [2.45, 2.75) is 37.2 Å². The molecule has 1 saturated carbocycles. The Morgan fingerprint density at radius 3 is 2.42 bits per heavy atom. The number of fused-ring (bicyclic) bond motifs is 1. The van der Waals surface area contributed by atoms with E-state index in [2.05, 4.69) is 9.97 Å². The highest BCUT2D eigenvalue weighted by molar-refractivity contribution is 6.08. The maximum Gasteiger partial charge on any atom is 0.418 e. The molecule has 0 radical (unpaired) electrons. The van der Waals surface area contributed by atoms with Gasteiger partial charge in [0.05, 0.1) is 12.2 Å². The number of Topliss-reactive ketones (excluding diaryl/α,β-unsaturated/α-hetero) is 1. The Bertz CT molecular complexity index is 1260. The Morgan fingerprint density at radius 1 is 1.00 bits per heavy atom. The molecule has 1 spiro atoms. The largest absolute Gasteiger partial charge is 0.432 e. The Kier molecular flexibility index (Phi) is 4.92. The first-order valence-electron chi connectivity index (χ1n) is 10.5. The van der Waals surface area contributed by atoms with Gasteiger partial charge in [0.1, 0.15) is 0 Å². The summed E-state index contributed by atoms with van der Waals surface area (Å²) in [6.45, 7) is -0.508. The van der Waals surface area contributed by atoms with Gasteiger partial charge in [0.2, 0.25) is 5.92 Å². The number of benzene rings is 1. The second-order valence-electron chi connectivity index (χ2n) is 8.37. The van der Waals surface area contributed by atoms with Gasteiger partial charge in [0.25, 0.3) is 5.91 Å². The number of alkyl halides is 2. The fourth-order valence-electron chi connectivity index (χ4n) is 4.36. The van der Waals surface area contributed by atoms with Gasteiger partial charge in [-0.05, 0) is 17.5 Å². The van der Waals surface area contributed by atoms with E-state index in [1.54, 1.807) is 42.9 Å². The molecule has 3 heterocycles. The number of nitrogens with zero attached hydrogens (tertiary/aromatic N) is 3. The molecule has 1 saturated heterocycles. The number of ether oxygens (including phenoxy) is 1. The number of hydrogen-bond donors (Lipinski definition) is 0. The zero-order valence-corrected chi connectivity index (χ0v) is 17.5. The number of aromatic nitrogens is 2. The molecule has 1 aliphatic carbocycles. The van der Waals surface area contributed by atoms with Crippen molar-refractivity contribution in [2.75, 3.05) is 6.54 Å². The highest BCUT2D eigenvalue weighted by Crippen LogP contribution is 2.44. The zero-order valence-electron chi connectivity index (χ0n) is 17.5. The average molecular weight is 451 g/mol. The first kappa shape index (κ1) is 21.1. The van der Waals surface area contributed by atoms with E-state index in [4.69, 9.17) is 4.74 Å². The van der Waals surface area contributed by atoms with Gasteiger partial charge in [0.15, 0.2) is 11.4 Å². The molecule has 0 unspecified atom stereocenters. The van der Waals surface area contributed by atoms with E-state index in [1.165, 1.54) is 0 Å². The van der Waals surface area contributed by atoms with E-state index in [9.17, 15) is 23.2 Å². The molecule has 7 nitrogen and oxygen atoms in total. The van der Waals surface area contributed by atoms with E-state index in [1.807, 2.05) is 12.1 Å². The van der Waals surface area contributed by atoms with Gasteiger partial charge >= 0.3 is 6.09 Å². The standard InChI is InChI=1S/C24H19F2N3O4/c25-24(26)9-7-23(8-10-24)21(31)29(22(32)33-23)14-19(30)16-1-3-17(4-2-16)20-18-13-27-11-5-15(18)6-12-28-20/h1-6,11-13H,7-10,14H2. The lowest BCUT2D eigenvalue weighted by molar-refractivity contribution is -0.146. The summed E-state index contributed by atoms with van der Waals surface area (Å²) < 4.78 is 32.2. The van der Waals surface area contributed by atoms with Crippen LogP contribution in [0, 0.1) is 0 Å². The topological polar surface area (TPSA) is 89.5 Å². The van der Waals surface area contributed by atoms with Crippen LogP contribution in [-0.4, -0.2) is 50.7 Å². The predicted molar refractivity (Wildman–Crippen MR) is 114 cm³/mol. The Morgan fingerprint density at radius 2 is 1.70 bits per heavy atom. The third kappa shape index (κ3) is 3.73. The lowest BCUT2D eigenvalue weighted by atomic mass is 9.82. The highest BCUT2D eigenvalue weighted by Gasteiger charge is 2.58. The SMILES string of the molecule is O=C(CN1C(=O)OC2(CCC(F)(F)CC2)C1=O)c1ccc(-c2nccc3ccncc23)cc1. The Hall–Kier alpha value is -3.75. The van der Waals surface area contributed by atoms with Crippen molar-refractivity contribution >= 4 is 28.6 Å². The maximum atomic E-state index is 13.5. The average Bonchev–Trinajstić information content (AvgIpc) is 3.05. The van der Waals surface area contributed by atoms with Gasteiger partial charge < -0.3 is 4.74 Å². The van der Waals surface area contributed by atoms with E-state index < -0.39 is 48.7 Å². The summed E-state index contributed by atoms with van der Waals surface area (Å²) in [7, 11) is 0. The van der Waals surface area contributed by atoms with Crippen LogP contribution >= 0.6 is 0 Å². The van der Waals surface area contributed by atoms with Crippen molar-refractivity contribution in [1.82, 2.24) is 14.9 Å². The lowest BCUT2D eigenvalue weighted by Crippen LogP contribution is -2.47. The molecule has 33 heavy (non-hydrogen) atoms. The first-order chi connectivity index (χ1) is 15.8. The molecular formula is C24H19F2N3O4. The highest BCUT2D eigenvalue weighted by atomic mass is 19.3. The van der Waals surface area contributed by atoms with Crippen molar-refractivity contribution in [2.24, 2.45) is 0 Å². The third-order valence-electron chi connectivity index (χ3n) is 6.28. The van der Waals surface area contributed by atoms with Crippen LogP contribution in [0.15, 0.2) is 55.0 Å². The molecule has 0 bridgehead atoms. The van der Waals surface area contributed by atoms with Gasteiger partial charge in [-0.3, -0.25) is 19.6 Å². The smallest absolute Gasteiger partial charge is 0.418 e. The second kappa shape index (κ2) is 7.68. The summed E-state index contributed by atoms with van der Waals surface area (Å²) >= 11 is 0. The number of ketones is 1. The molecule has 2 aromatic heterocycles. The first-order valence-corrected chi connectivity index (χ1v) is 10.5. The van der Waals surface area contributed by atoms with Gasteiger partial charge in [0, 0.05) is 60.8 Å². The number of amides is 2. The molecule has 1 aliphatic heterocycles. The third-order valence-corrected chi connectivity index (χ3v) is 6.28. The molecule has 5 rings (SSSR count). The van der Waals surface area contributed by atoms with E-state index in [0.717, 1.165) is 21.2 Å². The minimum Gasteiger partial charge on any atom is -0.432 e. The van der Waals surface area contributed by atoms with Crippen LogP contribution in [0.25, 0.3) is 22.0 Å². The molecule has 2 amide bonds. The number of hydrogen-bond acceptors (Lipinski definition) is 6. The van der Waals surface area contributed by atoms with Crippen molar-refractivity contribution in [3.63, 3.8) is 0 Å². The van der Waals surface area contributed by atoms with E-state index >= 15 is 0 Å². The predicted octanol–water partition coefficient (Wildman–Crippen LogP) is 4.41. The van der Waals surface area contributed by atoms with E-state index in [-0.39, 0.29) is 12.8 Å². The van der Waals surface area contributed by atoms with Crippen molar-refractivity contribution in [3.8, 4) is 11.3 Å². The van der Waals surface area contributed by atoms with E-state index in [0.29, 0.717) is 11.3 Å². The lowest BCUT2D eigenvalue weighted by Gasteiger charge is -2.33. The summed E-state index contributed by atoms with van der Waals surface area (Å²) in [5, 5.41) is 1.85. The van der Waals surface area contributed by atoms with Crippen LogP contribution < -0.4 is 0 Å². The Balaban J connectivity index is 1.32. The fraction of sp³-hybridized carbons (Fsp3) is 0.292. The Labute approximate surface area is 187 Å². The van der Waals surface area contributed by atoms with Crippen LogP contribution in [0.3, 0.4) is 0 Å². The fourth-order valence-corrected chi connectivity index (χ4v) is 4.36. The monoisotopic (exact) mass is 451 g/mol. The second-order valence-corrected chi connectivity index (χ2v) is 8.37. The molecule has 0 N–H and O–H groups in total. The van der Waals surface area contributed by atoms with Gasteiger partial charge in [-0.15, -0.1) is 0 Å². The van der Waals surface area contributed by atoms with Crippen molar-refractivity contribution < 1.29 is 27.9 Å². The van der Waals surface area contributed by atoms with Crippen LogP contribution in [0.4, 0.5) is 13.6 Å². The molecule has 2 aliphatic rings. The summed E-state index contributed by atoms with van der Waals surface area (Å²) in [5.74, 6) is -4.06. The molecule has 3 aromatic rings. The summed E-state index contributed by atoms with van der Waals surface area (Å²) in [4.78, 5) is 47.1. The molecular weight excluding hydrogens is 432 g/mol. The molecule has 1 aromatic carbocycles. The molecule has 0 atom stereocenters. The molecule has 2 fully saturated rings. The number of halogens is 2. The maximum absolute atomic E-state index is 13.5. The number of rotatable bonds is 4. The molecule has 9 heteroatoms. The van der Waals surface area contributed by atoms with Gasteiger partial charge in [-0.25, -0.2) is 18.5 Å². The van der Waals surface area contributed by atoms with Crippen LogP contribution in [-0.2, 0) is 9.53 Å². The number of carbonyl (C=O) groups excluding carboxylic acids is 3. The van der Waals surface area contributed by atoms with Crippen molar-refractivity contribution in [3.05, 3.63) is 60.6 Å². The quantitative estimate of drug-likeness (QED) is 0.546. The molecule has 168 valence electrons. The van der Waals surface area contributed by atoms with Gasteiger partial charge in [-0.2, -0.15) is 0 Å². The summed E-state index contributed by atoms with van der Waals surface area (Å²) in [5.41, 5.74) is 0.212.